The molecule has 0 spiro atoms. The van der Waals surface area contributed by atoms with Gasteiger partial charge in [0.15, 0.2) is 5.11 Å². The van der Waals surface area contributed by atoms with Crippen LogP contribution in [0.4, 0.5) is 5.00 Å². The fraction of sp³-hybridized carbons (Fsp3) is 0.400. The smallest absolute Gasteiger partial charge is 0.340 e. The summed E-state index contributed by atoms with van der Waals surface area (Å²) in [4.78, 5) is 17.9. The van der Waals surface area contributed by atoms with E-state index in [2.05, 4.69) is 34.2 Å². The van der Waals surface area contributed by atoms with Crippen LogP contribution in [0.15, 0.2) is 36.4 Å². The van der Waals surface area contributed by atoms with Crippen LogP contribution in [-0.4, -0.2) is 60.7 Å². The van der Waals surface area contributed by atoms with Crippen molar-refractivity contribution in [2.24, 2.45) is 0 Å². The van der Waals surface area contributed by atoms with Crippen LogP contribution in [0.2, 0.25) is 0 Å². The van der Waals surface area contributed by atoms with Crippen LogP contribution in [0, 0.1) is 0 Å². The quantitative estimate of drug-likeness (QED) is 0.609. The Kier molecular flexibility index (Phi) is 6.82. The SMILES string of the molecule is CCN1CCN(C(=S)Nc2sc(Cc3ccccc3)cc2C(=O)OC)CC1. The van der Waals surface area contributed by atoms with Crippen molar-refractivity contribution in [1.29, 1.82) is 0 Å². The van der Waals surface area contributed by atoms with Gasteiger partial charge in [-0.15, -0.1) is 11.3 Å². The number of rotatable bonds is 5. The first-order chi connectivity index (χ1) is 13.1. The molecule has 0 bridgehead atoms. The highest BCUT2D eigenvalue weighted by molar-refractivity contribution is 7.80. The Bertz CT molecular complexity index is 784. The third-order valence-electron chi connectivity index (χ3n) is 4.74. The highest BCUT2D eigenvalue weighted by Gasteiger charge is 2.22. The highest BCUT2D eigenvalue weighted by atomic mass is 32.1. The number of nitrogens with zero attached hydrogens (tertiary/aromatic N) is 2. The minimum Gasteiger partial charge on any atom is -0.465 e. The predicted octanol–water partition coefficient (Wildman–Crippen LogP) is 3.46. The second-order valence-electron chi connectivity index (χ2n) is 6.46. The molecule has 2 aromatic rings. The van der Waals surface area contributed by atoms with E-state index in [-0.39, 0.29) is 5.97 Å². The number of nitrogens with one attached hydrogen (secondary N) is 1. The molecule has 7 heteroatoms. The second-order valence-corrected chi connectivity index (χ2v) is 7.98. The van der Waals surface area contributed by atoms with E-state index in [4.69, 9.17) is 17.0 Å². The number of thiophene rings is 1. The lowest BCUT2D eigenvalue weighted by molar-refractivity contribution is 0.0602. The van der Waals surface area contributed by atoms with Gasteiger partial charge in [-0.2, -0.15) is 0 Å². The predicted molar refractivity (Wildman–Crippen MR) is 115 cm³/mol. The lowest BCUT2D eigenvalue weighted by atomic mass is 10.1. The van der Waals surface area contributed by atoms with Crippen molar-refractivity contribution >= 4 is 39.6 Å². The summed E-state index contributed by atoms with van der Waals surface area (Å²) >= 11 is 7.16. The second kappa shape index (κ2) is 9.30. The van der Waals surface area contributed by atoms with Crippen molar-refractivity contribution in [3.8, 4) is 0 Å². The van der Waals surface area contributed by atoms with Crippen molar-refractivity contribution in [1.82, 2.24) is 9.80 Å². The van der Waals surface area contributed by atoms with Crippen LogP contribution in [0.5, 0.6) is 0 Å². The van der Waals surface area contributed by atoms with Crippen LogP contribution in [-0.2, 0) is 11.2 Å². The fourth-order valence-electron chi connectivity index (χ4n) is 3.12. The average molecular weight is 404 g/mol. The van der Waals surface area contributed by atoms with Crippen LogP contribution >= 0.6 is 23.6 Å². The molecule has 3 rings (SSSR count). The fourth-order valence-corrected chi connectivity index (χ4v) is 4.55. The van der Waals surface area contributed by atoms with Gasteiger partial charge in [0.2, 0.25) is 0 Å². The molecule has 0 atom stereocenters. The number of likely N-dealkylation sites (N-methyl/N-ethyl adjacent to an activating group) is 1. The van der Waals surface area contributed by atoms with Gasteiger partial charge in [0.1, 0.15) is 5.00 Å². The van der Waals surface area contributed by atoms with Crippen molar-refractivity contribution in [3.05, 3.63) is 52.4 Å². The molecule has 1 N–H and O–H groups in total. The summed E-state index contributed by atoms with van der Waals surface area (Å²) in [6.45, 7) is 7.05. The topological polar surface area (TPSA) is 44.8 Å². The molecule has 2 heterocycles. The number of methoxy groups -OCH3 is 1. The minimum atomic E-state index is -0.341. The van der Waals surface area contributed by atoms with E-state index in [0.29, 0.717) is 10.7 Å². The normalized spacial score (nSPS) is 14.8. The highest BCUT2D eigenvalue weighted by Crippen LogP contribution is 2.31. The van der Waals surface area contributed by atoms with Crippen molar-refractivity contribution in [2.45, 2.75) is 13.3 Å². The van der Waals surface area contributed by atoms with Crippen molar-refractivity contribution in [2.75, 3.05) is 45.2 Å². The third kappa shape index (κ3) is 5.06. The van der Waals surface area contributed by atoms with E-state index in [0.717, 1.165) is 49.0 Å². The maximum atomic E-state index is 12.2. The molecule has 0 saturated carbocycles. The number of carbonyl (C=O) groups excluding carboxylic acids is 1. The number of carbonyl (C=O) groups is 1. The average Bonchev–Trinajstić information content (AvgIpc) is 3.10. The van der Waals surface area contributed by atoms with Gasteiger partial charge in [0, 0.05) is 37.5 Å². The lowest BCUT2D eigenvalue weighted by Gasteiger charge is -2.35. The van der Waals surface area contributed by atoms with E-state index >= 15 is 0 Å². The lowest BCUT2D eigenvalue weighted by Crippen LogP contribution is -2.49. The zero-order valence-corrected chi connectivity index (χ0v) is 17.4. The van der Waals surface area contributed by atoms with Gasteiger partial charge in [0.25, 0.3) is 0 Å². The van der Waals surface area contributed by atoms with Crippen LogP contribution in [0.25, 0.3) is 0 Å². The Morgan fingerprint density at radius 3 is 2.56 bits per heavy atom. The maximum Gasteiger partial charge on any atom is 0.340 e. The van der Waals surface area contributed by atoms with Gasteiger partial charge >= 0.3 is 5.97 Å². The molecule has 5 nitrogen and oxygen atoms in total. The minimum absolute atomic E-state index is 0.341. The van der Waals surface area contributed by atoms with Crippen LogP contribution in [0.3, 0.4) is 0 Å². The summed E-state index contributed by atoms with van der Waals surface area (Å²) in [5.41, 5.74) is 1.75. The van der Waals surface area contributed by atoms with Gasteiger partial charge < -0.3 is 19.9 Å². The maximum absolute atomic E-state index is 12.2. The number of piperazine rings is 1. The number of ether oxygens (including phenoxy) is 1. The molecule has 1 fully saturated rings. The monoisotopic (exact) mass is 403 g/mol. The first-order valence-corrected chi connectivity index (χ1v) is 10.4. The Labute approximate surface area is 169 Å². The van der Waals surface area contributed by atoms with E-state index < -0.39 is 0 Å². The van der Waals surface area contributed by atoms with Crippen molar-refractivity contribution < 1.29 is 9.53 Å². The molecule has 0 aliphatic carbocycles. The first-order valence-electron chi connectivity index (χ1n) is 9.14. The van der Waals surface area contributed by atoms with Gasteiger partial charge in [0.05, 0.1) is 12.7 Å². The third-order valence-corrected chi connectivity index (χ3v) is 6.15. The molecule has 144 valence electrons. The molecule has 1 aromatic heterocycles. The number of anilines is 1. The number of hydrogen-bond donors (Lipinski definition) is 1. The zero-order chi connectivity index (χ0) is 19.2. The molecule has 1 saturated heterocycles. The van der Waals surface area contributed by atoms with E-state index in [1.165, 1.54) is 12.7 Å². The molecular formula is C20H25N3O2S2. The summed E-state index contributed by atoms with van der Waals surface area (Å²) in [7, 11) is 1.41. The van der Waals surface area contributed by atoms with Gasteiger partial charge in [-0.05, 0) is 30.4 Å². The van der Waals surface area contributed by atoms with Crippen LogP contribution < -0.4 is 5.32 Å². The summed E-state index contributed by atoms with van der Waals surface area (Å²) < 4.78 is 4.96. The van der Waals surface area contributed by atoms with E-state index in [1.807, 2.05) is 24.3 Å². The number of hydrogen-bond acceptors (Lipinski definition) is 5. The summed E-state index contributed by atoms with van der Waals surface area (Å²) in [5.74, 6) is -0.341. The molecule has 27 heavy (non-hydrogen) atoms. The molecule has 1 aliphatic heterocycles. The standard InChI is InChI=1S/C20H25N3O2S2/c1-3-22-9-11-23(12-10-22)20(26)21-18-17(19(24)25-2)14-16(27-18)13-15-7-5-4-6-8-15/h4-8,14H,3,9-13H2,1-2H3,(H,21,26). The summed E-state index contributed by atoms with van der Waals surface area (Å²) in [5, 5.41) is 4.72. The Hall–Kier alpha value is -1.96. The van der Waals surface area contributed by atoms with Crippen LogP contribution in [0.1, 0.15) is 27.7 Å². The molecule has 1 aromatic carbocycles. The Morgan fingerprint density at radius 1 is 1.22 bits per heavy atom. The van der Waals surface area contributed by atoms with Gasteiger partial charge in [-0.25, -0.2) is 4.79 Å². The summed E-state index contributed by atoms with van der Waals surface area (Å²) in [6.07, 6.45) is 0.777. The molecule has 0 amide bonds. The summed E-state index contributed by atoms with van der Waals surface area (Å²) in [6, 6.07) is 12.1. The number of esters is 1. The molecule has 0 radical (unpaired) electrons. The van der Waals surface area contributed by atoms with Gasteiger partial charge in [-0.1, -0.05) is 37.3 Å². The Morgan fingerprint density at radius 2 is 1.93 bits per heavy atom. The van der Waals surface area contributed by atoms with E-state index in [9.17, 15) is 4.79 Å². The Balaban J connectivity index is 1.73. The first kappa shape index (κ1) is 19.8. The molecule has 0 unspecified atom stereocenters. The van der Waals surface area contributed by atoms with Crippen molar-refractivity contribution in [3.63, 3.8) is 0 Å². The molecule has 1 aliphatic rings. The molecular weight excluding hydrogens is 378 g/mol. The van der Waals surface area contributed by atoms with Gasteiger partial charge in [-0.3, -0.25) is 0 Å². The number of thiocarbonyl (C=S) groups is 1. The zero-order valence-electron chi connectivity index (χ0n) is 15.7. The number of benzene rings is 1. The largest absolute Gasteiger partial charge is 0.465 e. The van der Waals surface area contributed by atoms with E-state index in [1.54, 1.807) is 11.3 Å².